The number of esters is 1. The van der Waals surface area contributed by atoms with Gasteiger partial charge in [0, 0.05) is 13.1 Å². The monoisotopic (exact) mass is 277 g/mol. The number of hydrogen-bond donors (Lipinski definition) is 0. The summed E-state index contributed by atoms with van der Waals surface area (Å²) in [6.45, 7) is 1.48. The summed E-state index contributed by atoms with van der Waals surface area (Å²) in [6, 6.07) is 9.71. The van der Waals surface area contributed by atoms with E-state index in [1.165, 1.54) is 7.11 Å². The largest absolute Gasteiger partial charge is 0.469 e. The molecule has 2 rings (SSSR count). The molecule has 1 heterocycles. The number of methoxy groups -OCH3 is 1. The fraction of sp³-hybridized carbons (Fsp3) is 0.467. The lowest BCUT2D eigenvalue weighted by Crippen LogP contribution is -2.33. The van der Waals surface area contributed by atoms with Crippen LogP contribution in [0.1, 0.15) is 12.0 Å². The third-order valence-corrected chi connectivity index (χ3v) is 3.41. The van der Waals surface area contributed by atoms with Gasteiger partial charge in [-0.1, -0.05) is 30.3 Å². The van der Waals surface area contributed by atoms with Crippen molar-refractivity contribution in [3.05, 3.63) is 35.9 Å². The Kier molecular flexibility index (Phi) is 5.12. The van der Waals surface area contributed by atoms with Gasteiger partial charge in [-0.2, -0.15) is 0 Å². The van der Waals surface area contributed by atoms with Crippen LogP contribution in [0.3, 0.4) is 0 Å². The summed E-state index contributed by atoms with van der Waals surface area (Å²) < 4.78 is 10.1. The fourth-order valence-corrected chi connectivity index (χ4v) is 2.27. The molecular weight excluding hydrogens is 258 g/mol. The Morgan fingerprint density at radius 3 is 2.75 bits per heavy atom. The van der Waals surface area contributed by atoms with Crippen LogP contribution in [0.5, 0.6) is 0 Å². The molecule has 0 bridgehead atoms. The van der Waals surface area contributed by atoms with E-state index in [-0.39, 0.29) is 24.4 Å². The van der Waals surface area contributed by atoms with Gasteiger partial charge >= 0.3 is 5.97 Å². The van der Waals surface area contributed by atoms with Gasteiger partial charge in [0.15, 0.2) is 0 Å². The molecule has 0 N–H and O–H groups in total. The van der Waals surface area contributed by atoms with Crippen LogP contribution in [-0.2, 0) is 25.7 Å². The maximum absolute atomic E-state index is 11.9. The normalized spacial score (nSPS) is 18.1. The molecule has 5 nitrogen and oxygen atoms in total. The Hall–Kier alpha value is -1.88. The minimum absolute atomic E-state index is 0.0444. The van der Waals surface area contributed by atoms with E-state index in [1.807, 2.05) is 30.3 Å². The number of carbonyl (C=O) groups excluding carboxylic acids is 2. The second-order valence-corrected chi connectivity index (χ2v) is 4.83. The van der Waals surface area contributed by atoms with Crippen molar-refractivity contribution in [3.8, 4) is 0 Å². The zero-order valence-corrected chi connectivity index (χ0v) is 11.6. The van der Waals surface area contributed by atoms with E-state index in [4.69, 9.17) is 9.47 Å². The predicted molar refractivity (Wildman–Crippen MR) is 72.8 cm³/mol. The first-order valence-corrected chi connectivity index (χ1v) is 6.68. The van der Waals surface area contributed by atoms with Crippen LogP contribution in [0.4, 0.5) is 0 Å². The molecule has 1 aliphatic rings. The van der Waals surface area contributed by atoms with Gasteiger partial charge < -0.3 is 14.4 Å². The van der Waals surface area contributed by atoms with Crippen molar-refractivity contribution in [3.63, 3.8) is 0 Å². The molecule has 1 fully saturated rings. The van der Waals surface area contributed by atoms with E-state index < -0.39 is 0 Å². The van der Waals surface area contributed by atoms with Crippen molar-refractivity contribution < 1.29 is 19.1 Å². The third-order valence-electron chi connectivity index (χ3n) is 3.41. The van der Waals surface area contributed by atoms with E-state index in [9.17, 15) is 9.59 Å². The highest BCUT2D eigenvalue weighted by Crippen LogP contribution is 2.17. The summed E-state index contributed by atoms with van der Waals surface area (Å²) in [6.07, 6.45) is 0.664. The maximum atomic E-state index is 11.9. The van der Waals surface area contributed by atoms with Crippen molar-refractivity contribution in [1.82, 2.24) is 4.90 Å². The molecule has 108 valence electrons. The Bertz CT molecular complexity index is 460. The van der Waals surface area contributed by atoms with E-state index in [1.54, 1.807) is 4.90 Å². The van der Waals surface area contributed by atoms with Gasteiger partial charge in [0.1, 0.15) is 6.61 Å². The van der Waals surface area contributed by atoms with Crippen LogP contribution in [0, 0.1) is 5.92 Å². The lowest BCUT2D eigenvalue weighted by atomic mass is 10.1. The molecule has 1 aliphatic heterocycles. The van der Waals surface area contributed by atoms with Gasteiger partial charge in [0.25, 0.3) is 0 Å². The molecule has 1 amide bonds. The summed E-state index contributed by atoms with van der Waals surface area (Å²) in [5.74, 6) is -0.518. The molecule has 1 aromatic rings. The smallest absolute Gasteiger partial charge is 0.310 e. The number of carbonyl (C=O) groups is 2. The van der Waals surface area contributed by atoms with Gasteiger partial charge in [0.05, 0.1) is 19.6 Å². The molecule has 0 aliphatic carbocycles. The van der Waals surface area contributed by atoms with E-state index in [2.05, 4.69) is 0 Å². The van der Waals surface area contributed by atoms with E-state index >= 15 is 0 Å². The molecule has 1 atom stereocenters. The quantitative estimate of drug-likeness (QED) is 0.759. The van der Waals surface area contributed by atoms with Crippen LogP contribution < -0.4 is 0 Å². The van der Waals surface area contributed by atoms with Crippen LogP contribution in [0.25, 0.3) is 0 Å². The first-order valence-electron chi connectivity index (χ1n) is 6.68. The zero-order chi connectivity index (χ0) is 14.4. The number of nitrogens with zero attached hydrogens (tertiary/aromatic N) is 1. The molecule has 0 saturated carbocycles. The highest BCUT2D eigenvalue weighted by atomic mass is 16.5. The number of ether oxygens (including phenoxy) is 2. The minimum Gasteiger partial charge on any atom is -0.469 e. The number of rotatable bonds is 5. The van der Waals surface area contributed by atoms with Crippen LogP contribution in [-0.4, -0.2) is 43.6 Å². The predicted octanol–water partition coefficient (Wildman–Crippen LogP) is 1.22. The SMILES string of the molecule is COC(=O)C1CCN(C(=O)COCc2ccccc2)C1. The zero-order valence-electron chi connectivity index (χ0n) is 11.6. The van der Waals surface area contributed by atoms with Crippen LogP contribution in [0.15, 0.2) is 30.3 Å². The summed E-state index contributed by atoms with van der Waals surface area (Å²) in [4.78, 5) is 25.0. The molecule has 1 unspecified atom stereocenters. The Balaban J connectivity index is 1.72. The number of likely N-dealkylation sites (tertiary alicyclic amines) is 1. The summed E-state index contributed by atoms with van der Waals surface area (Å²) in [5.41, 5.74) is 1.04. The maximum Gasteiger partial charge on any atom is 0.310 e. The Morgan fingerprint density at radius 2 is 2.05 bits per heavy atom. The van der Waals surface area contributed by atoms with Gasteiger partial charge in [-0.3, -0.25) is 9.59 Å². The van der Waals surface area contributed by atoms with Crippen LogP contribution in [0.2, 0.25) is 0 Å². The third kappa shape index (κ3) is 3.81. The highest BCUT2D eigenvalue weighted by molar-refractivity contribution is 5.80. The van der Waals surface area contributed by atoms with Gasteiger partial charge in [-0.25, -0.2) is 0 Å². The molecule has 1 aromatic carbocycles. The number of hydrogen-bond acceptors (Lipinski definition) is 4. The van der Waals surface area contributed by atoms with Gasteiger partial charge in [-0.15, -0.1) is 0 Å². The van der Waals surface area contributed by atoms with Crippen LogP contribution >= 0.6 is 0 Å². The van der Waals surface area contributed by atoms with Crippen molar-refractivity contribution in [1.29, 1.82) is 0 Å². The lowest BCUT2D eigenvalue weighted by Gasteiger charge is -2.16. The van der Waals surface area contributed by atoms with Crippen molar-refractivity contribution in [2.24, 2.45) is 5.92 Å². The van der Waals surface area contributed by atoms with E-state index in [0.29, 0.717) is 26.1 Å². The molecule has 5 heteroatoms. The van der Waals surface area contributed by atoms with Crippen molar-refractivity contribution in [2.75, 3.05) is 26.8 Å². The van der Waals surface area contributed by atoms with Crippen molar-refractivity contribution >= 4 is 11.9 Å². The highest BCUT2D eigenvalue weighted by Gasteiger charge is 2.31. The molecule has 0 radical (unpaired) electrons. The molecule has 20 heavy (non-hydrogen) atoms. The molecular formula is C15H19NO4. The summed E-state index contributed by atoms with van der Waals surface area (Å²) in [7, 11) is 1.37. The second kappa shape index (κ2) is 7.05. The number of benzene rings is 1. The Labute approximate surface area is 118 Å². The molecule has 0 spiro atoms. The van der Waals surface area contributed by atoms with Gasteiger partial charge in [-0.05, 0) is 12.0 Å². The first kappa shape index (κ1) is 14.5. The average Bonchev–Trinajstić information content (AvgIpc) is 2.97. The molecule has 0 aromatic heterocycles. The summed E-state index contributed by atoms with van der Waals surface area (Å²) >= 11 is 0. The first-order chi connectivity index (χ1) is 9.70. The fourth-order valence-electron chi connectivity index (χ4n) is 2.27. The lowest BCUT2D eigenvalue weighted by molar-refractivity contribution is -0.145. The van der Waals surface area contributed by atoms with Gasteiger partial charge in [0.2, 0.25) is 5.91 Å². The standard InChI is InChI=1S/C15H19NO4/c1-19-15(18)13-7-8-16(9-13)14(17)11-20-10-12-5-3-2-4-6-12/h2-6,13H,7-11H2,1H3. The minimum atomic E-state index is -0.245. The Morgan fingerprint density at radius 1 is 1.30 bits per heavy atom. The topological polar surface area (TPSA) is 55.8 Å². The number of amides is 1. The average molecular weight is 277 g/mol. The second-order valence-electron chi connectivity index (χ2n) is 4.83. The molecule has 1 saturated heterocycles. The van der Waals surface area contributed by atoms with Crippen molar-refractivity contribution in [2.45, 2.75) is 13.0 Å². The summed E-state index contributed by atoms with van der Waals surface area (Å²) in [5, 5.41) is 0. The van der Waals surface area contributed by atoms with E-state index in [0.717, 1.165) is 5.56 Å².